The molecule has 0 aliphatic heterocycles. The number of nitrogens with zero attached hydrogens (tertiary/aromatic N) is 3. The number of guanidine groups is 1. The highest BCUT2D eigenvalue weighted by atomic mass is 16.5. The number of para-hydroxylation sites is 2. The van der Waals surface area contributed by atoms with E-state index in [0.29, 0.717) is 13.1 Å². The first-order valence-corrected chi connectivity index (χ1v) is 9.91. The summed E-state index contributed by atoms with van der Waals surface area (Å²) in [6.07, 6.45) is 1.79. The molecule has 7 nitrogen and oxygen atoms in total. The number of H-pyrrole nitrogens is 1. The molecule has 0 saturated heterocycles. The Morgan fingerprint density at radius 1 is 1.13 bits per heavy atom. The number of hydrogen-bond acceptors (Lipinski definition) is 4. The number of rotatable bonds is 8. The van der Waals surface area contributed by atoms with E-state index in [-0.39, 0.29) is 6.10 Å². The van der Waals surface area contributed by atoms with Gasteiger partial charge in [0.2, 0.25) is 0 Å². The Kier molecular flexibility index (Phi) is 7.32. The van der Waals surface area contributed by atoms with Crippen molar-refractivity contribution in [2.75, 3.05) is 27.7 Å². The van der Waals surface area contributed by atoms with Crippen LogP contribution in [0.5, 0.6) is 11.5 Å². The number of hydrogen-bond donors (Lipinski definition) is 2. The van der Waals surface area contributed by atoms with Crippen LogP contribution in [0.25, 0.3) is 11.3 Å². The molecule has 7 heteroatoms. The first kappa shape index (κ1) is 21.2. The predicted octanol–water partition coefficient (Wildman–Crippen LogP) is 3.56. The summed E-state index contributed by atoms with van der Waals surface area (Å²) < 4.78 is 11.3. The topological polar surface area (TPSA) is 74.8 Å². The molecule has 2 N–H and O–H groups in total. The normalized spacial score (nSPS) is 12.3. The van der Waals surface area contributed by atoms with Crippen LogP contribution in [0.4, 0.5) is 0 Å². The van der Waals surface area contributed by atoms with Crippen LogP contribution in [0.2, 0.25) is 0 Å². The first-order valence-electron chi connectivity index (χ1n) is 9.91. The summed E-state index contributed by atoms with van der Waals surface area (Å²) in [6.45, 7) is 3.21. The van der Waals surface area contributed by atoms with Gasteiger partial charge in [0.05, 0.1) is 32.1 Å². The third kappa shape index (κ3) is 5.53. The second kappa shape index (κ2) is 10.3. The summed E-state index contributed by atoms with van der Waals surface area (Å²) in [7, 11) is 5.38. The number of nitrogens with one attached hydrogen (secondary N) is 2. The van der Waals surface area contributed by atoms with Crippen LogP contribution in [-0.4, -0.2) is 54.7 Å². The average molecular weight is 408 g/mol. The summed E-state index contributed by atoms with van der Waals surface area (Å²) in [6, 6.07) is 17.8. The third-order valence-corrected chi connectivity index (χ3v) is 4.62. The Hall–Kier alpha value is -3.48. The van der Waals surface area contributed by atoms with Crippen molar-refractivity contribution in [3.05, 3.63) is 66.6 Å². The van der Waals surface area contributed by atoms with Gasteiger partial charge in [-0.25, -0.2) is 4.98 Å². The molecule has 3 rings (SSSR count). The molecule has 0 aliphatic carbocycles. The number of imidazole rings is 1. The fraction of sp³-hybridized carbons (Fsp3) is 0.304. The van der Waals surface area contributed by atoms with E-state index in [2.05, 4.69) is 32.4 Å². The quantitative estimate of drug-likeness (QED) is 0.441. The predicted molar refractivity (Wildman–Crippen MR) is 120 cm³/mol. The van der Waals surface area contributed by atoms with Gasteiger partial charge in [-0.2, -0.15) is 0 Å². The van der Waals surface area contributed by atoms with E-state index in [4.69, 9.17) is 9.47 Å². The van der Waals surface area contributed by atoms with Gasteiger partial charge < -0.3 is 24.7 Å². The van der Waals surface area contributed by atoms with E-state index < -0.39 is 0 Å². The van der Waals surface area contributed by atoms with E-state index >= 15 is 0 Å². The number of ether oxygens (including phenoxy) is 2. The minimum absolute atomic E-state index is 0.0697. The zero-order valence-corrected chi connectivity index (χ0v) is 17.9. The molecule has 2 aromatic carbocycles. The lowest BCUT2D eigenvalue weighted by atomic mass is 10.2. The highest BCUT2D eigenvalue weighted by Gasteiger charge is 2.13. The second-order valence-corrected chi connectivity index (χ2v) is 6.97. The van der Waals surface area contributed by atoms with Crippen molar-refractivity contribution in [3.63, 3.8) is 0 Å². The van der Waals surface area contributed by atoms with Crippen LogP contribution in [-0.2, 0) is 6.54 Å². The first-order chi connectivity index (χ1) is 14.6. The molecule has 1 heterocycles. The Labute approximate surface area is 177 Å². The molecule has 0 amide bonds. The molecule has 1 atom stereocenters. The molecule has 0 radical (unpaired) electrons. The summed E-state index contributed by atoms with van der Waals surface area (Å²) in [4.78, 5) is 14.3. The third-order valence-electron chi connectivity index (χ3n) is 4.62. The molecule has 1 aromatic heterocycles. The number of aromatic amines is 1. The van der Waals surface area contributed by atoms with Crippen molar-refractivity contribution >= 4 is 5.96 Å². The lowest BCUT2D eigenvalue weighted by molar-refractivity contribution is 0.212. The van der Waals surface area contributed by atoms with Crippen LogP contribution in [0.3, 0.4) is 0 Å². The molecule has 3 aromatic rings. The molecule has 0 aliphatic rings. The lowest BCUT2D eigenvalue weighted by Gasteiger charge is -2.23. The number of methoxy groups -OCH3 is 1. The second-order valence-electron chi connectivity index (χ2n) is 6.97. The maximum Gasteiger partial charge on any atom is 0.193 e. The fourth-order valence-corrected chi connectivity index (χ4v) is 3.10. The monoisotopic (exact) mass is 407 g/mol. The van der Waals surface area contributed by atoms with E-state index in [9.17, 15) is 0 Å². The van der Waals surface area contributed by atoms with Crippen molar-refractivity contribution in [1.29, 1.82) is 0 Å². The number of benzene rings is 2. The Bertz CT molecular complexity index is 955. The van der Waals surface area contributed by atoms with Gasteiger partial charge in [-0.1, -0.05) is 42.5 Å². The SMILES string of the molecule is CN=C(NCC(C)Oc1ccccc1OC)N(C)Cc1ncc(-c2ccccc2)[nH]1. The van der Waals surface area contributed by atoms with Gasteiger partial charge in [0.1, 0.15) is 11.9 Å². The van der Waals surface area contributed by atoms with Crippen molar-refractivity contribution in [2.45, 2.75) is 19.6 Å². The molecule has 158 valence electrons. The summed E-state index contributed by atoms with van der Waals surface area (Å²) in [5.41, 5.74) is 2.12. The molecular weight excluding hydrogens is 378 g/mol. The molecular formula is C23H29N5O2. The summed E-state index contributed by atoms with van der Waals surface area (Å²) in [5.74, 6) is 3.08. The van der Waals surface area contributed by atoms with Crippen LogP contribution in [0.15, 0.2) is 65.8 Å². The van der Waals surface area contributed by atoms with E-state index in [1.165, 1.54) is 0 Å². The maximum atomic E-state index is 6.00. The Morgan fingerprint density at radius 2 is 1.83 bits per heavy atom. The molecule has 0 fully saturated rings. The summed E-state index contributed by atoms with van der Waals surface area (Å²) >= 11 is 0. The molecule has 30 heavy (non-hydrogen) atoms. The van der Waals surface area contributed by atoms with Crippen molar-refractivity contribution < 1.29 is 9.47 Å². The molecule has 0 bridgehead atoms. The summed E-state index contributed by atoms with van der Waals surface area (Å²) in [5, 5.41) is 3.35. The van der Waals surface area contributed by atoms with E-state index in [1.54, 1.807) is 14.2 Å². The minimum atomic E-state index is -0.0697. The van der Waals surface area contributed by atoms with Crippen molar-refractivity contribution in [1.82, 2.24) is 20.2 Å². The van der Waals surface area contributed by atoms with E-state index in [1.807, 2.05) is 67.5 Å². The standard InChI is InChI=1S/C23H29N5O2/c1-17(30-21-13-9-8-12-20(21)29-4)14-26-23(24-2)28(3)16-22-25-15-19(27-22)18-10-6-5-7-11-18/h5-13,15,17H,14,16H2,1-4H3,(H,24,26)(H,25,27). The highest BCUT2D eigenvalue weighted by molar-refractivity contribution is 5.79. The van der Waals surface area contributed by atoms with Crippen molar-refractivity contribution in [3.8, 4) is 22.8 Å². The van der Waals surface area contributed by atoms with Crippen molar-refractivity contribution in [2.24, 2.45) is 4.99 Å². The van der Waals surface area contributed by atoms with Crippen LogP contribution in [0.1, 0.15) is 12.7 Å². The zero-order chi connectivity index (χ0) is 21.3. The smallest absolute Gasteiger partial charge is 0.193 e. The van der Waals surface area contributed by atoms with Gasteiger partial charge in [-0.3, -0.25) is 4.99 Å². The highest BCUT2D eigenvalue weighted by Crippen LogP contribution is 2.26. The maximum absolute atomic E-state index is 6.00. The van der Waals surface area contributed by atoms with Crippen LogP contribution in [0, 0.1) is 0 Å². The van der Waals surface area contributed by atoms with Gasteiger partial charge in [-0.05, 0) is 24.6 Å². The van der Waals surface area contributed by atoms with Crippen LogP contribution < -0.4 is 14.8 Å². The van der Waals surface area contributed by atoms with Gasteiger partial charge in [0.15, 0.2) is 17.5 Å². The van der Waals surface area contributed by atoms with Gasteiger partial charge in [0.25, 0.3) is 0 Å². The van der Waals surface area contributed by atoms with Gasteiger partial charge in [0, 0.05) is 14.1 Å². The largest absolute Gasteiger partial charge is 0.493 e. The zero-order valence-electron chi connectivity index (χ0n) is 17.9. The van der Waals surface area contributed by atoms with Crippen LogP contribution >= 0.6 is 0 Å². The molecule has 1 unspecified atom stereocenters. The number of aromatic nitrogens is 2. The Morgan fingerprint density at radius 3 is 2.53 bits per heavy atom. The average Bonchev–Trinajstić information content (AvgIpc) is 3.23. The molecule has 0 spiro atoms. The van der Waals surface area contributed by atoms with Gasteiger partial charge in [-0.15, -0.1) is 0 Å². The fourth-order valence-electron chi connectivity index (χ4n) is 3.10. The van der Waals surface area contributed by atoms with Gasteiger partial charge >= 0.3 is 0 Å². The molecule has 0 saturated carbocycles. The Balaban J connectivity index is 1.54. The lowest BCUT2D eigenvalue weighted by Crippen LogP contribution is -2.42. The number of aliphatic imine (C=N–C) groups is 1. The minimum Gasteiger partial charge on any atom is -0.493 e. The van der Waals surface area contributed by atoms with E-state index in [0.717, 1.165) is 34.5 Å².